The van der Waals surface area contributed by atoms with Crippen LogP contribution >= 0.6 is 22.9 Å². The monoisotopic (exact) mass is 241 g/mol. The summed E-state index contributed by atoms with van der Waals surface area (Å²) in [5.41, 5.74) is 6.36. The van der Waals surface area contributed by atoms with E-state index in [0.717, 1.165) is 33.4 Å². The van der Waals surface area contributed by atoms with Crippen molar-refractivity contribution in [1.82, 2.24) is 19.8 Å². The molecular weight excluding hydrogens is 230 g/mol. The van der Waals surface area contributed by atoms with Crippen LogP contribution in [0.5, 0.6) is 0 Å². The summed E-state index contributed by atoms with van der Waals surface area (Å²) in [6.45, 7) is 2.62. The lowest BCUT2D eigenvalue weighted by molar-refractivity contribution is 0.812. The van der Waals surface area contributed by atoms with Crippen molar-refractivity contribution in [1.29, 1.82) is 0 Å². The zero-order chi connectivity index (χ0) is 10.7. The number of hydrogen-bond acceptors (Lipinski definition) is 7. The van der Waals surface area contributed by atoms with Crippen molar-refractivity contribution < 1.29 is 0 Å². The van der Waals surface area contributed by atoms with Gasteiger partial charge in [0.05, 0.1) is 5.69 Å². The van der Waals surface area contributed by atoms with Gasteiger partial charge in [0.15, 0.2) is 5.01 Å². The van der Waals surface area contributed by atoms with E-state index in [0.29, 0.717) is 6.54 Å². The van der Waals surface area contributed by atoms with Crippen LogP contribution in [0.25, 0.3) is 9.88 Å². The summed E-state index contributed by atoms with van der Waals surface area (Å²) in [4.78, 5) is 1.02. The van der Waals surface area contributed by atoms with E-state index in [9.17, 15) is 0 Å². The van der Waals surface area contributed by atoms with E-state index in [2.05, 4.69) is 19.8 Å². The first-order valence-electron chi connectivity index (χ1n) is 4.63. The molecule has 5 nitrogen and oxygen atoms in total. The van der Waals surface area contributed by atoms with Gasteiger partial charge in [0.1, 0.15) is 9.88 Å². The Hall–Kier alpha value is -0.920. The van der Waals surface area contributed by atoms with Gasteiger partial charge in [0.25, 0.3) is 0 Å². The molecule has 0 amide bonds. The van der Waals surface area contributed by atoms with Crippen molar-refractivity contribution in [2.24, 2.45) is 5.73 Å². The van der Waals surface area contributed by atoms with E-state index in [4.69, 9.17) is 5.73 Å². The molecule has 2 aromatic heterocycles. The third kappa shape index (κ3) is 2.36. The maximum atomic E-state index is 5.44. The largest absolute Gasteiger partial charge is 0.330 e. The summed E-state index contributed by atoms with van der Waals surface area (Å²) in [6, 6.07) is 0. The maximum absolute atomic E-state index is 5.44. The molecule has 0 spiro atoms. The van der Waals surface area contributed by atoms with Crippen LogP contribution in [-0.2, 0) is 6.42 Å². The minimum Gasteiger partial charge on any atom is -0.330 e. The normalized spacial score (nSPS) is 10.8. The molecule has 0 saturated carbocycles. The molecule has 0 aliphatic rings. The van der Waals surface area contributed by atoms with Crippen LogP contribution in [0.4, 0.5) is 0 Å². The topological polar surface area (TPSA) is 77.6 Å². The fraction of sp³-hybridized carbons (Fsp3) is 0.500. The van der Waals surface area contributed by atoms with E-state index in [1.54, 1.807) is 11.3 Å². The van der Waals surface area contributed by atoms with Crippen LogP contribution in [0.3, 0.4) is 0 Å². The fourth-order valence-corrected chi connectivity index (χ4v) is 2.77. The minimum atomic E-state index is 0.691. The number of hydrogen-bond donors (Lipinski definition) is 1. The van der Waals surface area contributed by atoms with Crippen LogP contribution in [-0.4, -0.2) is 26.3 Å². The zero-order valence-corrected chi connectivity index (χ0v) is 9.94. The summed E-state index contributed by atoms with van der Waals surface area (Å²) < 4.78 is 3.88. The molecule has 0 aliphatic heterocycles. The number of rotatable bonds is 4. The first-order chi connectivity index (χ1) is 7.31. The number of aryl methyl sites for hydroxylation is 2. The summed E-state index contributed by atoms with van der Waals surface area (Å²) >= 11 is 2.96. The highest BCUT2D eigenvalue weighted by atomic mass is 32.1. The van der Waals surface area contributed by atoms with Gasteiger partial charge in [0, 0.05) is 6.42 Å². The van der Waals surface area contributed by atoms with E-state index >= 15 is 0 Å². The van der Waals surface area contributed by atoms with Gasteiger partial charge in [-0.3, -0.25) is 0 Å². The highest BCUT2D eigenvalue weighted by Gasteiger charge is 2.11. The molecule has 2 heterocycles. The fourth-order valence-electron chi connectivity index (χ4n) is 1.13. The van der Waals surface area contributed by atoms with Crippen molar-refractivity contribution in [3.05, 3.63) is 10.7 Å². The third-order valence-electron chi connectivity index (χ3n) is 1.91. The molecule has 15 heavy (non-hydrogen) atoms. The smallest absolute Gasteiger partial charge is 0.161 e. The molecule has 2 N–H and O–H groups in total. The molecule has 0 unspecified atom stereocenters. The van der Waals surface area contributed by atoms with Gasteiger partial charge in [-0.1, -0.05) is 15.8 Å². The Morgan fingerprint density at radius 2 is 2.13 bits per heavy atom. The Bertz CT molecular complexity index is 436. The molecule has 0 atom stereocenters. The van der Waals surface area contributed by atoms with E-state index in [-0.39, 0.29) is 0 Å². The summed E-state index contributed by atoms with van der Waals surface area (Å²) in [6.07, 6.45) is 1.86. The molecule has 80 valence electrons. The molecule has 7 heteroatoms. The standard InChI is InChI=1S/C8H11N5S2/c1-5-7(15-13-10-5)8-12-11-6(14-8)3-2-4-9/h2-4,9H2,1H3. The quantitative estimate of drug-likeness (QED) is 0.871. The van der Waals surface area contributed by atoms with E-state index in [1.807, 2.05) is 6.92 Å². The van der Waals surface area contributed by atoms with Gasteiger partial charge < -0.3 is 5.73 Å². The lowest BCUT2D eigenvalue weighted by atomic mass is 10.3. The van der Waals surface area contributed by atoms with Crippen LogP contribution in [0.1, 0.15) is 17.1 Å². The second kappa shape index (κ2) is 4.73. The maximum Gasteiger partial charge on any atom is 0.161 e. The van der Waals surface area contributed by atoms with E-state index in [1.165, 1.54) is 11.5 Å². The Balaban J connectivity index is 2.17. The van der Waals surface area contributed by atoms with Gasteiger partial charge in [-0.15, -0.1) is 15.3 Å². The van der Waals surface area contributed by atoms with Gasteiger partial charge in [-0.2, -0.15) is 0 Å². The predicted molar refractivity (Wildman–Crippen MR) is 60.9 cm³/mol. The number of nitrogens with zero attached hydrogens (tertiary/aromatic N) is 4. The molecule has 0 fully saturated rings. The van der Waals surface area contributed by atoms with Crippen LogP contribution in [0.2, 0.25) is 0 Å². The van der Waals surface area contributed by atoms with Gasteiger partial charge >= 0.3 is 0 Å². The van der Waals surface area contributed by atoms with Crippen LogP contribution < -0.4 is 5.73 Å². The van der Waals surface area contributed by atoms with E-state index < -0.39 is 0 Å². The zero-order valence-electron chi connectivity index (χ0n) is 8.30. The highest BCUT2D eigenvalue weighted by molar-refractivity contribution is 7.19. The van der Waals surface area contributed by atoms with Crippen molar-refractivity contribution in [3.8, 4) is 9.88 Å². The Morgan fingerprint density at radius 3 is 2.80 bits per heavy atom. The predicted octanol–water partition coefficient (Wildman–Crippen LogP) is 1.26. The Morgan fingerprint density at radius 1 is 1.27 bits per heavy atom. The summed E-state index contributed by atoms with van der Waals surface area (Å²) in [5.74, 6) is 0. The molecule has 0 bridgehead atoms. The average molecular weight is 241 g/mol. The molecule has 0 aromatic carbocycles. The molecule has 2 rings (SSSR count). The van der Waals surface area contributed by atoms with Crippen molar-refractivity contribution >= 4 is 22.9 Å². The lowest BCUT2D eigenvalue weighted by Gasteiger charge is -1.89. The molecule has 0 saturated heterocycles. The summed E-state index contributed by atoms with van der Waals surface area (Å²) in [5, 5.41) is 14.1. The van der Waals surface area contributed by atoms with Crippen molar-refractivity contribution in [3.63, 3.8) is 0 Å². The third-order valence-corrected chi connectivity index (χ3v) is 3.87. The van der Waals surface area contributed by atoms with Gasteiger partial charge in [-0.05, 0) is 31.4 Å². The average Bonchev–Trinajstić information content (AvgIpc) is 2.83. The van der Waals surface area contributed by atoms with Crippen LogP contribution in [0, 0.1) is 6.92 Å². The second-order valence-electron chi connectivity index (χ2n) is 3.08. The van der Waals surface area contributed by atoms with Crippen LogP contribution in [0.15, 0.2) is 0 Å². The molecule has 2 aromatic rings. The lowest BCUT2D eigenvalue weighted by Crippen LogP contribution is -1.99. The minimum absolute atomic E-state index is 0.691. The molecule has 0 aliphatic carbocycles. The van der Waals surface area contributed by atoms with Gasteiger partial charge in [-0.25, -0.2) is 0 Å². The second-order valence-corrected chi connectivity index (χ2v) is 4.90. The van der Waals surface area contributed by atoms with Gasteiger partial charge in [0.2, 0.25) is 0 Å². The summed E-state index contributed by atoms with van der Waals surface area (Å²) in [7, 11) is 0. The number of nitrogens with two attached hydrogens (primary N) is 1. The highest BCUT2D eigenvalue weighted by Crippen LogP contribution is 2.28. The van der Waals surface area contributed by atoms with Crippen molar-refractivity contribution in [2.45, 2.75) is 19.8 Å². The Kier molecular flexibility index (Phi) is 3.34. The molecule has 0 radical (unpaired) electrons. The van der Waals surface area contributed by atoms with Crippen molar-refractivity contribution in [2.75, 3.05) is 6.54 Å². The number of aromatic nitrogens is 4. The molecular formula is C8H11N5S2. The SMILES string of the molecule is Cc1nnsc1-c1nnc(CCCN)s1. The first-order valence-corrected chi connectivity index (χ1v) is 6.22. The Labute approximate surface area is 95.5 Å². The first kappa shape index (κ1) is 10.6.